The van der Waals surface area contributed by atoms with Gasteiger partial charge in [-0.3, -0.25) is 4.79 Å². The fraction of sp³-hybridized carbons (Fsp3) is 0.529. The van der Waals surface area contributed by atoms with Gasteiger partial charge in [0.15, 0.2) is 5.13 Å². The molecular formula is C17H23N3O2S. The second-order valence-electron chi connectivity index (χ2n) is 6.97. The molecule has 124 valence electrons. The van der Waals surface area contributed by atoms with E-state index in [1.54, 1.807) is 18.4 Å². The van der Waals surface area contributed by atoms with Crippen LogP contribution in [0.25, 0.3) is 10.2 Å². The lowest BCUT2D eigenvalue weighted by Crippen LogP contribution is -2.44. The molecule has 0 spiro atoms. The minimum Gasteiger partial charge on any atom is -0.494 e. The molecule has 0 bridgehead atoms. The van der Waals surface area contributed by atoms with Crippen molar-refractivity contribution >= 4 is 32.6 Å². The van der Waals surface area contributed by atoms with Gasteiger partial charge in [-0.2, -0.15) is 0 Å². The van der Waals surface area contributed by atoms with E-state index in [-0.39, 0.29) is 17.4 Å². The van der Waals surface area contributed by atoms with E-state index >= 15 is 0 Å². The van der Waals surface area contributed by atoms with E-state index in [0.717, 1.165) is 40.6 Å². The van der Waals surface area contributed by atoms with Gasteiger partial charge in [0.2, 0.25) is 5.91 Å². The molecule has 5 nitrogen and oxygen atoms in total. The van der Waals surface area contributed by atoms with Crippen LogP contribution in [0.2, 0.25) is 0 Å². The number of nitrogens with one attached hydrogen (secondary N) is 1. The highest BCUT2D eigenvalue weighted by atomic mass is 32.1. The number of amides is 1. The standard InChI is InChI=1S/C17H23N3O2S/c1-17(2,3)19-15(21)11-8-9-20(10-11)16-18-14-12(22-4)6-5-7-13(14)23-16/h5-7,11H,8-10H2,1-4H3,(H,19,21). The SMILES string of the molecule is COc1cccc2sc(N3CCC(C(=O)NC(C)(C)C)C3)nc12. The Hall–Kier alpha value is -1.82. The fourth-order valence-corrected chi connectivity index (χ4v) is 3.85. The van der Waals surface area contributed by atoms with Gasteiger partial charge in [0, 0.05) is 18.6 Å². The van der Waals surface area contributed by atoms with E-state index in [1.165, 1.54) is 0 Å². The van der Waals surface area contributed by atoms with Crippen molar-refractivity contribution in [2.24, 2.45) is 5.92 Å². The highest BCUT2D eigenvalue weighted by Gasteiger charge is 2.31. The Kier molecular flexibility index (Phi) is 4.19. The van der Waals surface area contributed by atoms with Crippen LogP contribution in [-0.4, -0.2) is 36.6 Å². The quantitative estimate of drug-likeness (QED) is 0.938. The first-order valence-electron chi connectivity index (χ1n) is 7.88. The summed E-state index contributed by atoms with van der Waals surface area (Å²) in [7, 11) is 1.66. The van der Waals surface area contributed by atoms with E-state index in [9.17, 15) is 4.79 Å². The van der Waals surface area contributed by atoms with Gasteiger partial charge in [-0.15, -0.1) is 0 Å². The third kappa shape index (κ3) is 3.42. The van der Waals surface area contributed by atoms with Gasteiger partial charge in [0.25, 0.3) is 0 Å². The second kappa shape index (κ2) is 6.00. The van der Waals surface area contributed by atoms with Gasteiger partial charge in [0.1, 0.15) is 11.3 Å². The highest BCUT2D eigenvalue weighted by Crippen LogP contribution is 2.36. The number of thiazole rings is 1. The van der Waals surface area contributed by atoms with Crippen LogP contribution >= 0.6 is 11.3 Å². The number of rotatable bonds is 3. The molecule has 3 rings (SSSR count). The van der Waals surface area contributed by atoms with Crippen LogP contribution in [0, 0.1) is 5.92 Å². The van der Waals surface area contributed by atoms with Crippen molar-refractivity contribution in [1.29, 1.82) is 0 Å². The number of carbonyl (C=O) groups excluding carboxylic acids is 1. The van der Waals surface area contributed by atoms with Gasteiger partial charge in [-0.05, 0) is 39.3 Å². The maximum atomic E-state index is 12.3. The molecule has 2 aromatic rings. The summed E-state index contributed by atoms with van der Waals surface area (Å²) in [5.74, 6) is 0.966. The highest BCUT2D eigenvalue weighted by molar-refractivity contribution is 7.22. The lowest BCUT2D eigenvalue weighted by atomic mass is 10.0. The summed E-state index contributed by atoms with van der Waals surface area (Å²) in [4.78, 5) is 19.3. The normalized spacial score (nSPS) is 18.4. The first-order valence-corrected chi connectivity index (χ1v) is 8.69. The zero-order chi connectivity index (χ0) is 16.6. The van der Waals surface area contributed by atoms with Gasteiger partial charge in [-0.25, -0.2) is 4.98 Å². The lowest BCUT2D eigenvalue weighted by Gasteiger charge is -2.23. The molecule has 0 aliphatic carbocycles. The lowest BCUT2D eigenvalue weighted by molar-refractivity contribution is -0.125. The maximum Gasteiger partial charge on any atom is 0.225 e. The van der Waals surface area contributed by atoms with Gasteiger partial charge in [-0.1, -0.05) is 17.4 Å². The van der Waals surface area contributed by atoms with E-state index in [2.05, 4.69) is 16.3 Å². The van der Waals surface area contributed by atoms with Crippen LogP contribution in [-0.2, 0) is 4.79 Å². The molecule has 0 saturated carbocycles. The topological polar surface area (TPSA) is 54.5 Å². The number of anilines is 1. The number of hydrogen-bond donors (Lipinski definition) is 1. The van der Waals surface area contributed by atoms with E-state index in [0.29, 0.717) is 0 Å². The molecular weight excluding hydrogens is 310 g/mol. The van der Waals surface area contributed by atoms with Crippen LogP contribution in [0.3, 0.4) is 0 Å². The Morgan fingerprint density at radius 1 is 1.43 bits per heavy atom. The Labute approximate surface area is 140 Å². The second-order valence-corrected chi connectivity index (χ2v) is 7.98. The summed E-state index contributed by atoms with van der Waals surface area (Å²) in [6.07, 6.45) is 0.870. The van der Waals surface area contributed by atoms with Crippen LogP contribution in [0.4, 0.5) is 5.13 Å². The number of carbonyl (C=O) groups is 1. The van der Waals surface area contributed by atoms with Crippen molar-refractivity contribution in [1.82, 2.24) is 10.3 Å². The Morgan fingerprint density at radius 2 is 2.22 bits per heavy atom. The molecule has 1 N–H and O–H groups in total. The van der Waals surface area contributed by atoms with Crippen LogP contribution < -0.4 is 15.0 Å². The van der Waals surface area contributed by atoms with Crippen LogP contribution in [0.15, 0.2) is 18.2 Å². The zero-order valence-corrected chi connectivity index (χ0v) is 14.9. The van der Waals surface area contributed by atoms with Crippen LogP contribution in [0.1, 0.15) is 27.2 Å². The molecule has 6 heteroatoms. The van der Waals surface area contributed by atoms with Crippen molar-refractivity contribution in [3.05, 3.63) is 18.2 Å². The summed E-state index contributed by atoms with van der Waals surface area (Å²) in [5, 5.41) is 4.04. The maximum absolute atomic E-state index is 12.3. The van der Waals surface area contributed by atoms with E-state index in [4.69, 9.17) is 9.72 Å². The van der Waals surface area contributed by atoms with E-state index < -0.39 is 0 Å². The number of benzene rings is 1. The largest absolute Gasteiger partial charge is 0.494 e. The molecule has 1 amide bonds. The van der Waals surface area contributed by atoms with Crippen molar-refractivity contribution in [3.63, 3.8) is 0 Å². The van der Waals surface area contributed by atoms with Crippen LogP contribution in [0.5, 0.6) is 5.75 Å². The molecule has 1 aromatic heterocycles. The Bertz CT molecular complexity index is 720. The smallest absolute Gasteiger partial charge is 0.225 e. The average molecular weight is 333 g/mol. The molecule has 1 aliphatic rings. The van der Waals surface area contributed by atoms with Crippen molar-refractivity contribution in [2.45, 2.75) is 32.7 Å². The minimum absolute atomic E-state index is 0.0307. The molecule has 23 heavy (non-hydrogen) atoms. The van der Waals surface area contributed by atoms with Gasteiger partial charge < -0.3 is 15.0 Å². The number of ether oxygens (including phenoxy) is 1. The Morgan fingerprint density at radius 3 is 2.91 bits per heavy atom. The summed E-state index contributed by atoms with van der Waals surface area (Å²) in [6, 6.07) is 5.96. The third-order valence-corrected chi connectivity index (χ3v) is 5.00. The van der Waals surface area contributed by atoms with E-state index in [1.807, 2.05) is 32.9 Å². The predicted octanol–water partition coefficient (Wildman–Crippen LogP) is 3.05. The molecule has 1 unspecified atom stereocenters. The first kappa shape index (κ1) is 16.1. The molecule has 1 saturated heterocycles. The molecule has 1 atom stereocenters. The number of aromatic nitrogens is 1. The summed E-state index contributed by atoms with van der Waals surface area (Å²) in [6.45, 7) is 7.63. The summed E-state index contributed by atoms with van der Waals surface area (Å²) < 4.78 is 6.49. The molecule has 2 heterocycles. The van der Waals surface area contributed by atoms with Gasteiger partial charge in [0.05, 0.1) is 17.7 Å². The first-order chi connectivity index (χ1) is 10.9. The molecule has 1 aromatic carbocycles. The van der Waals surface area contributed by atoms with Crippen molar-refractivity contribution in [3.8, 4) is 5.75 Å². The monoisotopic (exact) mass is 333 g/mol. The van der Waals surface area contributed by atoms with Gasteiger partial charge >= 0.3 is 0 Å². The minimum atomic E-state index is -0.187. The fourth-order valence-electron chi connectivity index (χ4n) is 2.83. The predicted molar refractivity (Wildman–Crippen MR) is 94.4 cm³/mol. The average Bonchev–Trinajstić information content (AvgIpc) is 3.11. The summed E-state index contributed by atoms with van der Waals surface area (Å²) in [5.41, 5.74) is 0.714. The third-order valence-electron chi connectivity index (χ3n) is 3.92. The number of methoxy groups -OCH3 is 1. The Balaban J connectivity index is 1.75. The zero-order valence-electron chi connectivity index (χ0n) is 14.0. The number of fused-ring (bicyclic) bond motifs is 1. The molecule has 0 radical (unpaired) electrons. The number of hydrogen-bond acceptors (Lipinski definition) is 5. The number of nitrogens with zero attached hydrogens (tertiary/aromatic N) is 2. The summed E-state index contributed by atoms with van der Waals surface area (Å²) >= 11 is 1.65. The van der Waals surface area contributed by atoms with Crippen molar-refractivity contribution in [2.75, 3.05) is 25.1 Å². The molecule has 1 aliphatic heterocycles. The number of para-hydroxylation sites is 1. The van der Waals surface area contributed by atoms with Crippen molar-refractivity contribution < 1.29 is 9.53 Å². The molecule has 1 fully saturated rings.